The maximum atomic E-state index is 12.8. The fourth-order valence-corrected chi connectivity index (χ4v) is 2.67. The zero-order valence-electron chi connectivity index (χ0n) is 11.5. The van der Waals surface area contributed by atoms with E-state index in [-0.39, 0.29) is 30.0 Å². The Balaban J connectivity index is 2.24. The van der Waals surface area contributed by atoms with Crippen molar-refractivity contribution < 1.29 is 13.9 Å². The van der Waals surface area contributed by atoms with Gasteiger partial charge in [0.2, 0.25) is 5.91 Å². The third-order valence-corrected chi connectivity index (χ3v) is 3.72. The number of ether oxygens (including phenoxy) is 1. The summed E-state index contributed by atoms with van der Waals surface area (Å²) in [5, 5.41) is 8.08. The number of hydrogen-bond acceptors (Lipinski definition) is 4. The molecule has 4 nitrogen and oxygen atoms in total. The molecule has 1 N–H and O–H groups in total. The van der Waals surface area contributed by atoms with Gasteiger partial charge >= 0.3 is 0 Å². The quantitative estimate of drug-likeness (QED) is 0.909. The minimum absolute atomic E-state index is 0.0213. The first-order chi connectivity index (χ1) is 9.49. The van der Waals surface area contributed by atoms with E-state index in [4.69, 9.17) is 10.1 Å². The highest BCUT2D eigenvalue weighted by atomic mass is 32.2. The number of rotatable bonds is 5. The second kappa shape index (κ2) is 6.37. The van der Waals surface area contributed by atoms with E-state index < -0.39 is 6.17 Å². The highest BCUT2D eigenvalue weighted by molar-refractivity contribution is 8.15. The maximum absolute atomic E-state index is 12.8. The molecular formula is C14H17FN2O2S. The molecule has 0 aliphatic carbocycles. The fraction of sp³-hybridized carbons (Fsp3) is 0.429. The summed E-state index contributed by atoms with van der Waals surface area (Å²) in [6, 6.07) is 5.63. The third kappa shape index (κ3) is 3.37. The summed E-state index contributed by atoms with van der Waals surface area (Å²) < 4.78 is 18.1. The summed E-state index contributed by atoms with van der Waals surface area (Å²) in [6.07, 6.45) is -1.02. The number of aryl methyl sites for hydroxylation is 1. The first-order valence-corrected chi connectivity index (χ1v) is 7.33. The molecule has 20 heavy (non-hydrogen) atoms. The van der Waals surface area contributed by atoms with E-state index in [1.807, 2.05) is 25.1 Å². The second-order valence-corrected chi connectivity index (χ2v) is 5.72. The van der Waals surface area contributed by atoms with Crippen LogP contribution in [0, 0.1) is 12.3 Å². The zero-order chi connectivity index (χ0) is 14.7. The first kappa shape index (κ1) is 15.0. The van der Waals surface area contributed by atoms with Crippen molar-refractivity contribution in [2.45, 2.75) is 26.6 Å². The number of carbonyl (C=O) groups is 1. The topological polar surface area (TPSA) is 53.4 Å². The molecular weight excluding hydrogens is 279 g/mol. The number of carbonyl (C=O) groups excluding carboxylic acids is 1. The maximum Gasteiger partial charge on any atom is 0.243 e. The lowest BCUT2D eigenvalue weighted by Crippen LogP contribution is -2.29. The summed E-state index contributed by atoms with van der Waals surface area (Å²) in [5.41, 5.74) is 2.45. The average molecular weight is 296 g/mol. The number of nitrogens with one attached hydrogen (secondary N) is 1. The molecule has 2 rings (SSSR count). The first-order valence-electron chi connectivity index (χ1n) is 6.34. The summed E-state index contributed by atoms with van der Waals surface area (Å²) >= 11 is 1.21. The number of thioether (sulfide) groups is 1. The lowest BCUT2D eigenvalue weighted by atomic mass is 10.1. The highest BCUT2D eigenvalue weighted by Gasteiger charge is 2.30. The molecule has 1 fully saturated rings. The number of amides is 1. The van der Waals surface area contributed by atoms with Crippen LogP contribution in [0.4, 0.5) is 10.1 Å². The highest BCUT2D eigenvalue weighted by Crippen LogP contribution is 2.30. The summed E-state index contributed by atoms with van der Waals surface area (Å²) in [6.45, 7) is 3.61. The van der Waals surface area contributed by atoms with Crippen LogP contribution in [-0.2, 0) is 16.1 Å². The van der Waals surface area contributed by atoms with E-state index in [9.17, 15) is 9.18 Å². The van der Waals surface area contributed by atoms with E-state index in [1.165, 1.54) is 23.6 Å². The smallest absolute Gasteiger partial charge is 0.243 e. The Bertz CT molecular complexity index is 518. The summed E-state index contributed by atoms with van der Waals surface area (Å²) in [4.78, 5) is 13.3. The molecule has 1 atom stereocenters. The predicted octanol–water partition coefficient (Wildman–Crippen LogP) is 2.88. The Labute approximate surface area is 121 Å². The van der Waals surface area contributed by atoms with Gasteiger partial charge in [-0.05, 0) is 25.5 Å². The van der Waals surface area contributed by atoms with Crippen LogP contribution in [0.3, 0.4) is 0 Å². The van der Waals surface area contributed by atoms with Crippen molar-refractivity contribution in [2.75, 3.05) is 17.3 Å². The van der Waals surface area contributed by atoms with Gasteiger partial charge in [0.05, 0.1) is 24.7 Å². The molecule has 6 heteroatoms. The number of nitrogens with zero attached hydrogens (tertiary/aromatic N) is 1. The van der Waals surface area contributed by atoms with Gasteiger partial charge in [-0.3, -0.25) is 15.1 Å². The SMILES string of the molecule is Cc1ccc(COCC(C)F)c(N2C(=N)SCC2=O)c1. The Morgan fingerprint density at radius 1 is 1.55 bits per heavy atom. The van der Waals surface area contributed by atoms with Gasteiger partial charge < -0.3 is 4.74 Å². The van der Waals surface area contributed by atoms with Gasteiger partial charge in [0.1, 0.15) is 6.17 Å². The Morgan fingerprint density at radius 3 is 2.90 bits per heavy atom. The molecule has 1 unspecified atom stereocenters. The van der Waals surface area contributed by atoms with Gasteiger partial charge in [-0.25, -0.2) is 4.39 Å². The van der Waals surface area contributed by atoms with E-state index in [2.05, 4.69) is 0 Å². The van der Waals surface area contributed by atoms with Crippen LogP contribution >= 0.6 is 11.8 Å². The number of benzene rings is 1. The molecule has 0 saturated carbocycles. The predicted molar refractivity (Wildman–Crippen MR) is 79.1 cm³/mol. The average Bonchev–Trinajstić information content (AvgIpc) is 2.70. The third-order valence-electron chi connectivity index (χ3n) is 2.87. The van der Waals surface area contributed by atoms with E-state index in [0.29, 0.717) is 5.69 Å². The number of anilines is 1. The van der Waals surface area contributed by atoms with Gasteiger partial charge in [0.25, 0.3) is 0 Å². The molecule has 0 radical (unpaired) electrons. The van der Waals surface area contributed by atoms with Gasteiger partial charge in [-0.1, -0.05) is 23.9 Å². The minimum atomic E-state index is -1.02. The molecule has 1 saturated heterocycles. The number of hydrogen-bond donors (Lipinski definition) is 1. The molecule has 1 aromatic rings. The van der Waals surface area contributed by atoms with Crippen LogP contribution in [0.2, 0.25) is 0 Å². The van der Waals surface area contributed by atoms with Crippen LogP contribution in [0.25, 0.3) is 0 Å². The van der Waals surface area contributed by atoms with Crippen LogP contribution in [-0.4, -0.2) is 29.6 Å². The molecule has 1 aliphatic rings. The van der Waals surface area contributed by atoms with Gasteiger partial charge in [0.15, 0.2) is 5.17 Å². The van der Waals surface area contributed by atoms with Crippen molar-refractivity contribution >= 4 is 28.5 Å². The molecule has 0 aromatic heterocycles. The van der Waals surface area contributed by atoms with Crippen LogP contribution in [0.15, 0.2) is 18.2 Å². The Kier molecular flexibility index (Phi) is 4.77. The van der Waals surface area contributed by atoms with Crippen molar-refractivity contribution in [3.05, 3.63) is 29.3 Å². The normalized spacial score (nSPS) is 16.9. The number of alkyl halides is 1. The largest absolute Gasteiger partial charge is 0.374 e. The Hall–Kier alpha value is -1.40. The molecule has 1 aromatic carbocycles. The molecule has 108 valence electrons. The van der Waals surface area contributed by atoms with E-state index in [1.54, 1.807) is 0 Å². The van der Waals surface area contributed by atoms with Gasteiger partial charge in [-0.15, -0.1) is 0 Å². The standard InChI is InChI=1S/C14H17FN2O2S/c1-9-3-4-11(7-19-6-10(2)15)12(5-9)17-13(18)8-20-14(17)16/h3-5,10,16H,6-8H2,1-2H3. The van der Waals surface area contributed by atoms with E-state index in [0.717, 1.165) is 11.1 Å². The van der Waals surface area contributed by atoms with Crippen LogP contribution in [0.1, 0.15) is 18.1 Å². The molecule has 1 heterocycles. The summed E-state index contributed by atoms with van der Waals surface area (Å²) in [5.74, 6) is 0.180. The number of amidine groups is 1. The molecule has 0 spiro atoms. The van der Waals surface area contributed by atoms with Gasteiger partial charge in [0, 0.05) is 5.56 Å². The lowest BCUT2D eigenvalue weighted by Gasteiger charge is -2.20. The lowest BCUT2D eigenvalue weighted by molar-refractivity contribution is -0.115. The van der Waals surface area contributed by atoms with Crippen molar-refractivity contribution in [2.24, 2.45) is 0 Å². The second-order valence-electron chi connectivity index (χ2n) is 4.75. The van der Waals surface area contributed by atoms with Crippen molar-refractivity contribution in [3.8, 4) is 0 Å². The van der Waals surface area contributed by atoms with Crippen molar-refractivity contribution in [3.63, 3.8) is 0 Å². The fourth-order valence-electron chi connectivity index (χ4n) is 1.95. The molecule has 1 amide bonds. The molecule has 1 aliphatic heterocycles. The molecule has 0 bridgehead atoms. The van der Waals surface area contributed by atoms with Crippen LogP contribution < -0.4 is 4.90 Å². The van der Waals surface area contributed by atoms with Gasteiger partial charge in [-0.2, -0.15) is 0 Å². The summed E-state index contributed by atoms with van der Waals surface area (Å²) in [7, 11) is 0. The Morgan fingerprint density at radius 2 is 2.30 bits per heavy atom. The number of halogens is 1. The monoisotopic (exact) mass is 296 g/mol. The van der Waals surface area contributed by atoms with Crippen LogP contribution in [0.5, 0.6) is 0 Å². The van der Waals surface area contributed by atoms with Crippen molar-refractivity contribution in [1.82, 2.24) is 0 Å². The van der Waals surface area contributed by atoms with E-state index >= 15 is 0 Å². The minimum Gasteiger partial charge on any atom is -0.374 e. The zero-order valence-corrected chi connectivity index (χ0v) is 12.3. The van der Waals surface area contributed by atoms with Crippen molar-refractivity contribution in [1.29, 1.82) is 5.41 Å².